The monoisotopic (exact) mass is 292 g/mol. The number of hydrogen-bond acceptors (Lipinski definition) is 4. The molecule has 1 atom stereocenters. The van der Waals surface area contributed by atoms with E-state index in [1.54, 1.807) is 0 Å². The van der Waals surface area contributed by atoms with E-state index in [0.717, 1.165) is 62.9 Å². The maximum atomic E-state index is 12.7. The van der Waals surface area contributed by atoms with E-state index in [2.05, 4.69) is 4.90 Å². The predicted molar refractivity (Wildman–Crippen MR) is 79.5 cm³/mol. The zero-order valence-corrected chi connectivity index (χ0v) is 12.9. The Labute approximate surface area is 125 Å². The maximum Gasteiger partial charge on any atom is 0.257 e. The van der Waals surface area contributed by atoms with E-state index in [9.17, 15) is 4.79 Å². The van der Waals surface area contributed by atoms with Crippen LogP contribution in [0.5, 0.6) is 0 Å². The van der Waals surface area contributed by atoms with Crippen molar-refractivity contribution in [1.29, 1.82) is 0 Å². The molecule has 5 heteroatoms. The van der Waals surface area contributed by atoms with Gasteiger partial charge in [-0.25, -0.2) is 0 Å². The molecule has 0 aliphatic carbocycles. The van der Waals surface area contributed by atoms with Gasteiger partial charge in [0.25, 0.3) is 5.91 Å². The van der Waals surface area contributed by atoms with Crippen LogP contribution in [0.1, 0.15) is 34.7 Å². The average Bonchev–Trinajstić information content (AvgIpc) is 2.86. The lowest BCUT2D eigenvalue weighted by Gasteiger charge is -2.40. The first-order valence-electron chi connectivity index (χ1n) is 7.83. The van der Waals surface area contributed by atoms with Crippen LogP contribution in [0, 0.1) is 13.8 Å². The van der Waals surface area contributed by atoms with Crippen molar-refractivity contribution >= 4 is 5.91 Å². The van der Waals surface area contributed by atoms with E-state index in [4.69, 9.17) is 9.15 Å². The fourth-order valence-corrected chi connectivity index (χ4v) is 3.39. The Kier molecular flexibility index (Phi) is 4.31. The molecular weight excluding hydrogens is 268 g/mol. The Morgan fingerprint density at radius 2 is 2.00 bits per heavy atom. The lowest BCUT2D eigenvalue weighted by Crippen LogP contribution is -2.52. The van der Waals surface area contributed by atoms with Crippen molar-refractivity contribution in [3.63, 3.8) is 0 Å². The number of rotatable bonds is 2. The molecule has 1 aromatic rings. The van der Waals surface area contributed by atoms with Crippen LogP contribution in [0.4, 0.5) is 0 Å². The van der Waals surface area contributed by atoms with Crippen molar-refractivity contribution in [2.45, 2.75) is 32.7 Å². The predicted octanol–water partition coefficient (Wildman–Crippen LogP) is 1.83. The van der Waals surface area contributed by atoms with Gasteiger partial charge in [0.1, 0.15) is 11.5 Å². The quantitative estimate of drug-likeness (QED) is 0.834. The van der Waals surface area contributed by atoms with Crippen LogP contribution in [0.2, 0.25) is 0 Å². The molecule has 0 aromatic carbocycles. The van der Waals surface area contributed by atoms with Gasteiger partial charge in [-0.15, -0.1) is 0 Å². The average molecular weight is 292 g/mol. The van der Waals surface area contributed by atoms with E-state index >= 15 is 0 Å². The fraction of sp³-hybridized carbons (Fsp3) is 0.688. The Morgan fingerprint density at radius 3 is 2.67 bits per heavy atom. The van der Waals surface area contributed by atoms with Gasteiger partial charge in [-0.2, -0.15) is 0 Å². The molecule has 3 heterocycles. The zero-order chi connectivity index (χ0) is 14.8. The Balaban J connectivity index is 1.67. The van der Waals surface area contributed by atoms with Crippen LogP contribution in [-0.4, -0.2) is 61.1 Å². The molecule has 0 spiro atoms. The Hall–Kier alpha value is -1.33. The van der Waals surface area contributed by atoms with Crippen LogP contribution >= 0.6 is 0 Å². The van der Waals surface area contributed by atoms with E-state index in [-0.39, 0.29) is 5.91 Å². The van der Waals surface area contributed by atoms with Gasteiger partial charge in [0.2, 0.25) is 0 Å². The lowest BCUT2D eigenvalue weighted by molar-refractivity contribution is -0.00123. The molecule has 0 bridgehead atoms. The summed E-state index contributed by atoms with van der Waals surface area (Å²) in [5.41, 5.74) is 0.718. The van der Waals surface area contributed by atoms with Crippen molar-refractivity contribution in [1.82, 2.24) is 9.80 Å². The normalized spacial score (nSPS) is 24.3. The summed E-state index contributed by atoms with van der Waals surface area (Å²) in [5, 5.41) is 0. The van der Waals surface area contributed by atoms with E-state index in [0.29, 0.717) is 6.04 Å². The topological polar surface area (TPSA) is 45.9 Å². The number of carbonyl (C=O) groups is 1. The highest BCUT2D eigenvalue weighted by molar-refractivity contribution is 5.95. The molecule has 5 nitrogen and oxygen atoms in total. The highest BCUT2D eigenvalue weighted by atomic mass is 16.5. The minimum absolute atomic E-state index is 0.113. The molecule has 116 valence electrons. The molecule has 0 radical (unpaired) electrons. The number of nitrogens with zero attached hydrogens (tertiary/aromatic N) is 2. The molecular formula is C16H24N2O3. The molecule has 2 saturated heterocycles. The summed E-state index contributed by atoms with van der Waals surface area (Å²) < 4.78 is 10.9. The van der Waals surface area contributed by atoms with E-state index in [1.807, 2.05) is 24.8 Å². The number of hydrogen-bond donors (Lipinski definition) is 0. The van der Waals surface area contributed by atoms with Crippen LogP contribution < -0.4 is 0 Å². The number of aryl methyl sites for hydroxylation is 2. The van der Waals surface area contributed by atoms with Gasteiger partial charge in [0.05, 0.1) is 18.8 Å². The largest absolute Gasteiger partial charge is 0.466 e. The third-order valence-corrected chi connectivity index (χ3v) is 4.52. The van der Waals surface area contributed by atoms with Gasteiger partial charge in [0, 0.05) is 32.2 Å². The summed E-state index contributed by atoms with van der Waals surface area (Å²) in [6, 6.07) is 2.33. The smallest absolute Gasteiger partial charge is 0.257 e. The molecule has 0 N–H and O–H groups in total. The number of amides is 1. The number of likely N-dealkylation sites (tertiary alicyclic amines) is 1. The maximum absolute atomic E-state index is 12.7. The highest BCUT2D eigenvalue weighted by Crippen LogP contribution is 2.21. The van der Waals surface area contributed by atoms with Crippen molar-refractivity contribution in [2.24, 2.45) is 0 Å². The molecule has 0 unspecified atom stereocenters. The third kappa shape index (κ3) is 3.14. The minimum Gasteiger partial charge on any atom is -0.466 e. The summed E-state index contributed by atoms with van der Waals surface area (Å²) >= 11 is 0. The molecule has 2 fully saturated rings. The van der Waals surface area contributed by atoms with Gasteiger partial charge in [-0.1, -0.05) is 0 Å². The van der Waals surface area contributed by atoms with Gasteiger partial charge in [-0.3, -0.25) is 9.69 Å². The third-order valence-electron chi connectivity index (χ3n) is 4.52. The molecule has 2 aliphatic heterocycles. The first-order valence-corrected chi connectivity index (χ1v) is 7.83. The van der Waals surface area contributed by atoms with E-state index < -0.39 is 0 Å². The number of furan rings is 1. The van der Waals surface area contributed by atoms with Crippen molar-refractivity contribution in [3.8, 4) is 0 Å². The van der Waals surface area contributed by atoms with Gasteiger partial charge in [-0.05, 0) is 32.8 Å². The first kappa shape index (κ1) is 14.6. The SMILES string of the molecule is Cc1cc(C(=O)N2CCC[C@H](N3CCOCC3)C2)c(C)o1. The molecule has 2 aliphatic rings. The summed E-state index contributed by atoms with van der Waals surface area (Å²) in [6.45, 7) is 9.01. The zero-order valence-electron chi connectivity index (χ0n) is 12.9. The number of piperidine rings is 1. The highest BCUT2D eigenvalue weighted by Gasteiger charge is 2.30. The second-order valence-electron chi connectivity index (χ2n) is 6.02. The van der Waals surface area contributed by atoms with Gasteiger partial charge < -0.3 is 14.1 Å². The van der Waals surface area contributed by atoms with Crippen molar-refractivity contribution in [2.75, 3.05) is 39.4 Å². The molecule has 1 aromatic heterocycles. The summed E-state index contributed by atoms with van der Waals surface area (Å²) in [6.07, 6.45) is 2.25. The van der Waals surface area contributed by atoms with Crippen LogP contribution in [0.15, 0.2) is 10.5 Å². The number of ether oxygens (including phenoxy) is 1. The van der Waals surface area contributed by atoms with Crippen LogP contribution in [0.3, 0.4) is 0 Å². The van der Waals surface area contributed by atoms with Crippen LogP contribution in [-0.2, 0) is 4.74 Å². The minimum atomic E-state index is 0.113. The summed E-state index contributed by atoms with van der Waals surface area (Å²) in [4.78, 5) is 17.1. The summed E-state index contributed by atoms with van der Waals surface area (Å²) in [7, 11) is 0. The standard InChI is InChI=1S/C16H24N2O3/c1-12-10-15(13(2)21-12)16(19)18-5-3-4-14(11-18)17-6-8-20-9-7-17/h10,14H,3-9,11H2,1-2H3/t14-/m0/s1. The Morgan fingerprint density at radius 1 is 1.24 bits per heavy atom. The van der Waals surface area contributed by atoms with Crippen molar-refractivity contribution in [3.05, 3.63) is 23.2 Å². The molecule has 21 heavy (non-hydrogen) atoms. The second-order valence-corrected chi connectivity index (χ2v) is 6.02. The van der Waals surface area contributed by atoms with Crippen molar-refractivity contribution < 1.29 is 13.9 Å². The number of morpholine rings is 1. The molecule has 3 rings (SSSR count). The summed E-state index contributed by atoms with van der Waals surface area (Å²) in [5.74, 6) is 1.64. The lowest BCUT2D eigenvalue weighted by atomic mass is 10.0. The second kappa shape index (κ2) is 6.20. The Bertz CT molecular complexity index is 506. The first-order chi connectivity index (χ1) is 10.1. The van der Waals surface area contributed by atoms with Gasteiger partial charge in [0.15, 0.2) is 0 Å². The molecule has 1 amide bonds. The van der Waals surface area contributed by atoms with E-state index in [1.165, 1.54) is 6.42 Å². The molecule has 0 saturated carbocycles. The fourth-order valence-electron chi connectivity index (χ4n) is 3.39. The van der Waals surface area contributed by atoms with Gasteiger partial charge >= 0.3 is 0 Å². The number of carbonyl (C=O) groups excluding carboxylic acids is 1. The van der Waals surface area contributed by atoms with Crippen LogP contribution in [0.25, 0.3) is 0 Å².